The topological polar surface area (TPSA) is 94.5 Å². The number of fused-ring (bicyclic) bond motifs is 1. The number of amides is 2. The van der Waals surface area contributed by atoms with Gasteiger partial charge in [-0.3, -0.25) is 0 Å². The Hall–Kier alpha value is -4.14. The van der Waals surface area contributed by atoms with Gasteiger partial charge in [-0.15, -0.1) is 0 Å². The fraction of sp³-hybridized carbons (Fsp3) is 0.250. The SMILES string of the molecule is Cc1cc(NC(=O)N[C@H]2c3cc(F)c(F)cc3C(C)(C)C[C@H]2O)c(-c2ccccc2)nc1-c1ccc(CO)cc1. The summed E-state index contributed by atoms with van der Waals surface area (Å²) in [5, 5.41) is 26.0. The molecule has 0 aliphatic heterocycles. The zero-order chi connectivity index (χ0) is 28.6. The maximum atomic E-state index is 14.2. The standard InChI is InChI=1S/C32H31F2N3O3/c1-18-13-26(29(20-7-5-4-6-8-20)36-28(18)21-11-9-19(17-38)10-12-21)35-31(40)37-30-22-14-24(33)25(34)15-23(22)32(2,3)16-27(30)39/h4-15,27,30,38-39H,16-17H2,1-3H3,(H2,35,37,40)/t27-,30+/m1/s1. The number of urea groups is 1. The highest BCUT2D eigenvalue weighted by Gasteiger charge is 2.40. The van der Waals surface area contributed by atoms with E-state index >= 15 is 0 Å². The number of nitrogens with zero attached hydrogens (tertiary/aromatic N) is 1. The van der Waals surface area contributed by atoms with Gasteiger partial charge in [0.1, 0.15) is 0 Å². The van der Waals surface area contributed by atoms with Gasteiger partial charge < -0.3 is 20.8 Å². The minimum atomic E-state index is -1.04. The number of anilines is 1. The average Bonchev–Trinajstić information content (AvgIpc) is 2.93. The molecule has 1 aromatic heterocycles. The zero-order valence-electron chi connectivity index (χ0n) is 22.5. The molecular weight excluding hydrogens is 512 g/mol. The van der Waals surface area contributed by atoms with Crippen LogP contribution >= 0.6 is 0 Å². The summed E-state index contributed by atoms with van der Waals surface area (Å²) >= 11 is 0. The van der Waals surface area contributed by atoms with E-state index in [4.69, 9.17) is 4.98 Å². The molecule has 0 unspecified atom stereocenters. The molecule has 4 aromatic rings. The van der Waals surface area contributed by atoms with Gasteiger partial charge in [0.05, 0.1) is 35.8 Å². The van der Waals surface area contributed by atoms with E-state index in [-0.39, 0.29) is 13.0 Å². The molecule has 0 bridgehead atoms. The number of aromatic nitrogens is 1. The van der Waals surface area contributed by atoms with Crippen LogP contribution in [0.3, 0.4) is 0 Å². The van der Waals surface area contributed by atoms with Crippen LogP contribution < -0.4 is 10.6 Å². The third-order valence-electron chi connectivity index (χ3n) is 7.47. The monoisotopic (exact) mass is 543 g/mol. The molecule has 206 valence electrons. The largest absolute Gasteiger partial charge is 0.392 e. The van der Waals surface area contributed by atoms with Crippen molar-refractivity contribution in [3.05, 3.63) is 107 Å². The van der Waals surface area contributed by atoms with Crippen molar-refractivity contribution in [3.63, 3.8) is 0 Å². The second-order valence-corrected chi connectivity index (χ2v) is 10.9. The average molecular weight is 544 g/mol. The van der Waals surface area contributed by atoms with Crippen LogP contribution in [0.25, 0.3) is 22.5 Å². The van der Waals surface area contributed by atoms with E-state index < -0.39 is 35.2 Å². The first kappa shape index (κ1) is 27.4. The summed E-state index contributed by atoms with van der Waals surface area (Å²) in [4.78, 5) is 18.2. The lowest BCUT2D eigenvalue weighted by Crippen LogP contribution is -2.45. The van der Waals surface area contributed by atoms with E-state index in [1.54, 1.807) is 0 Å². The first-order valence-electron chi connectivity index (χ1n) is 13.1. The third-order valence-corrected chi connectivity index (χ3v) is 7.47. The van der Waals surface area contributed by atoms with Crippen molar-refractivity contribution in [2.24, 2.45) is 0 Å². The molecule has 8 heteroatoms. The number of halogens is 2. The summed E-state index contributed by atoms with van der Waals surface area (Å²) in [6, 6.07) is 19.3. The van der Waals surface area contributed by atoms with Gasteiger partial charge in [-0.05, 0) is 59.2 Å². The van der Waals surface area contributed by atoms with E-state index in [0.717, 1.165) is 40.1 Å². The molecule has 1 aliphatic carbocycles. The quantitative estimate of drug-likeness (QED) is 0.234. The number of aliphatic hydroxyl groups is 2. The van der Waals surface area contributed by atoms with Crippen molar-refractivity contribution < 1.29 is 23.8 Å². The van der Waals surface area contributed by atoms with Crippen LogP contribution in [0.5, 0.6) is 0 Å². The number of nitrogens with one attached hydrogen (secondary N) is 2. The molecule has 4 N–H and O–H groups in total. The van der Waals surface area contributed by atoms with Crippen LogP contribution in [-0.4, -0.2) is 27.3 Å². The number of hydrogen-bond donors (Lipinski definition) is 4. The maximum absolute atomic E-state index is 14.2. The van der Waals surface area contributed by atoms with Crippen molar-refractivity contribution >= 4 is 11.7 Å². The predicted octanol–water partition coefficient (Wildman–Crippen LogP) is 6.40. The van der Waals surface area contributed by atoms with Crippen LogP contribution in [-0.2, 0) is 12.0 Å². The summed E-state index contributed by atoms with van der Waals surface area (Å²) < 4.78 is 28.3. The van der Waals surface area contributed by atoms with Crippen LogP contribution in [0.15, 0.2) is 72.8 Å². The van der Waals surface area contributed by atoms with Gasteiger partial charge in [-0.1, -0.05) is 68.4 Å². The molecule has 0 fully saturated rings. The second-order valence-electron chi connectivity index (χ2n) is 10.9. The van der Waals surface area contributed by atoms with Gasteiger partial charge in [-0.2, -0.15) is 0 Å². The maximum Gasteiger partial charge on any atom is 0.319 e. The number of aryl methyl sites for hydroxylation is 1. The molecule has 2 atom stereocenters. The van der Waals surface area contributed by atoms with Crippen molar-refractivity contribution in [1.82, 2.24) is 10.3 Å². The fourth-order valence-electron chi connectivity index (χ4n) is 5.42. The molecule has 1 heterocycles. The minimum absolute atomic E-state index is 0.0564. The Morgan fingerprint density at radius 3 is 2.30 bits per heavy atom. The van der Waals surface area contributed by atoms with Gasteiger partial charge >= 0.3 is 6.03 Å². The van der Waals surface area contributed by atoms with Crippen molar-refractivity contribution in [3.8, 4) is 22.5 Å². The number of aliphatic hydroxyl groups excluding tert-OH is 2. The molecule has 3 aromatic carbocycles. The van der Waals surface area contributed by atoms with Gasteiger partial charge in [0.2, 0.25) is 0 Å². The number of pyridine rings is 1. The lowest BCUT2D eigenvalue weighted by molar-refractivity contribution is 0.0878. The summed E-state index contributed by atoms with van der Waals surface area (Å²) in [7, 11) is 0. The van der Waals surface area contributed by atoms with E-state index in [0.29, 0.717) is 22.5 Å². The zero-order valence-corrected chi connectivity index (χ0v) is 22.5. The van der Waals surface area contributed by atoms with Gasteiger partial charge in [0.15, 0.2) is 11.6 Å². The van der Waals surface area contributed by atoms with Crippen LogP contribution in [0.4, 0.5) is 19.3 Å². The number of carbonyl (C=O) groups is 1. The summed E-state index contributed by atoms with van der Waals surface area (Å²) in [5.41, 5.74) is 5.25. The Kier molecular flexibility index (Phi) is 7.40. The van der Waals surface area contributed by atoms with Crippen molar-refractivity contribution in [2.75, 3.05) is 5.32 Å². The molecule has 6 nitrogen and oxygen atoms in total. The first-order chi connectivity index (χ1) is 19.1. The minimum Gasteiger partial charge on any atom is -0.392 e. The van der Waals surface area contributed by atoms with Gasteiger partial charge in [0, 0.05) is 11.1 Å². The highest BCUT2D eigenvalue weighted by atomic mass is 19.2. The molecule has 0 saturated heterocycles. The fourth-order valence-corrected chi connectivity index (χ4v) is 5.42. The molecule has 5 rings (SSSR count). The van der Waals surface area contributed by atoms with E-state index in [2.05, 4.69) is 10.6 Å². The Morgan fingerprint density at radius 2 is 1.62 bits per heavy atom. The molecule has 0 radical (unpaired) electrons. The lowest BCUT2D eigenvalue weighted by Gasteiger charge is -2.40. The number of carbonyl (C=O) groups excluding carboxylic acids is 1. The highest BCUT2D eigenvalue weighted by Crippen LogP contribution is 2.42. The molecule has 2 amide bonds. The van der Waals surface area contributed by atoms with Crippen molar-refractivity contribution in [2.45, 2.75) is 51.4 Å². The number of benzene rings is 3. The van der Waals surface area contributed by atoms with Crippen LogP contribution in [0, 0.1) is 18.6 Å². The van der Waals surface area contributed by atoms with Gasteiger partial charge in [0.25, 0.3) is 0 Å². The Bertz CT molecular complexity index is 1560. The lowest BCUT2D eigenvalue weighted by atomic mass is 9.69. The number of hydrogen-bond acceptors (Lipinski definition) is 4. The summed E-state index contributed by atoms with van der Waals surface area (Å²) in [6.07, 6.45) is -0.744. The molecular formula is C32H31F2N3O3. The molecule has 1 aliphatic rings. The number of rotatable bonds is 5. The van der Waals surface area contributed by atoms with Crippen LogP contribution in [0.1, 0.15) is 48.6 Å². The summed E-state index contributed by atoms with van der Waals surface area (Å²) in [5.74, 6) is -2.00. The molecule has 40 heavy (non-hydrogen) atoms. The molecule has 0 spiro atoms. The Balaban J connectivity index is 1.49. The third kappa shape index (κ3) is 5.33. The van der Waals surface area contributed by atoms with E-state index in [1.807, 2.05) is 81.4 Å². The smallest absolute Gasteiger partial charge is 0.319 e. The highest BCUT2D eigenvalue weighted by molar-refractivity contribution is 5.94. The Morgan fingerprint density at radius 1 is 0.975 bits per heavy atom. The summed E-state index contributed by atoms with van der Waals surface area (Å²) in [6.45, 7) is 5.53. The van der Waals surface area contributed by atoms with Crippen LogP contribution in [0.2, 0.25) is 0 Å². The van der Waals surface area contributed by atoms with Crippen molar-refractivity contribution in [1.29, 1.82) is 0 Å². The normalized spacial score (nSPS) is 17.7. The first-order valence-corrected chi connectivity index (χ1v) is 13.1. The predicted molar refractivity (Wildman–Crippen MR) is 151 cm³/mol. The van der Waals surface area contributed by atoms with E-state index in [1.165, 1.54) is 0 Å². The Labute approximate surface area is 231 Å². The van der Waals surface area contributed by atoms with Gasteiger partial charge in [-0.25, -0.2) is 18.6 Å². The van der Waals surface area contributed by atoms with E-state index in [9.17, 15) is 23.8 Å². The second kappa shape index (κ2) is 10.8. The molecule has 0 saturated carbocycles.